The third kappa shape index (κ3) is 2.42. The SMILES string of the molecule is O=C(c1cc2ccccc2[nH]1)N1CCc2sccc2C1c1cccs1. The molecule has 1 aliphatic rings. The average Bonchev–Trinajstić information content (AvgIpc) is 3.39. The fraction of sp³-hybridized carbons (Fsp3) is 0.150. The predicted molar refractivity (Wildman–Crippen MR) is 104 cm³/mol. The summed E-state index contributed by atoms with van der Waals surface area (Å²) >= 11 is 3.52. The monoisotopic (exact) mass is 364 g/mol. The van der Waals surface area contributed by atoms with E-state index in [9.17, 15) is 4.79 Å². The number of hydrogen-bond donors (Lipinski definition) is 1. The Balaban J connectivity index is 1.58. The molecule has 0 bridgehead atoms. The van der Waals surface area contributed by atoms with Gasteiger partial charge in [-0.3, -0.25) is 4.79 Å². The second-order valence-electron chi connectivity index (χ2n) is 6.24. The molecule has 1 unspecified atom stereocenters. The van der Waals surface area contributed by atoms with Crippen LogP contribution in [0.3, 0.4) is 0 Å². The topological polar surface area (TPSA) is 36.1 Å². The maximum atomic E-state index is 13.3. The van der Waals surface area contributed by atoms with Gasteiger partial charge in [0.15, 0.2) is 0 Å². The number of nitrogens with one attached hydrogen (secondary N) is 1. The lowest BCUT2D eigenvalue weighted by atomic mass is 9.98. The first-order chi connectivity index (χ1) is 12.3. The van der Waals surface area contributed by atoms with Crippen LogP contribution in [0.2, 0.25) is 0 Å². The second-order valence-corrected chi connectivity index (χ2v) is 8.22. The van der Waals surface area contributed by atoms with Gasteiger partial charge in [0.1, 0.15) is 5.69 Å². The molecule has 124 valence electrons. The summed E-state index contributed by atoms with van der Waals surface area (Å²) in [6.07, 6.45) is 0.931. The molecule has 25 heavy (non-hydrogen) atoms. The van der Waals surface area contributed by atoms with Crippen LogP contribution in [-0.4, -0.2) is 22.3 Å². The number of benzene rings is 1. The van der Waals surface area contributed by atoms with Gasteiger partial charge in [0.05, 0.1) is 6.04 Å². The molecule has 0 spiro atoms. The van der Waals surface area contributed by atoms with E-state index in [-0.39, 0.29) is 11.9 Å². The Morgan fingerprint density at radius 3 is 2.84 bits per heavy atom. The van der Waals surface area contributed by atoms with E-state index in [0.29, 0.717) is 5.69 Å². The summed E-state index contributed by atoms with van der Waals surface area (Å²) in [5.74, 6) is 0.0754. The molecule has 0 fully saturated rings. The lowest BCUT2D eigenvalue weighted by Gasteiger charge is -2.35. The number of fused-ring (bicyclic) bond motifs is 2. The normalized spacial score (nSPS) is 17.0. The Morgan fingerprint density at radius 1 is 1.08 bits per heavy atom. The van der Waals surface area contributed by atoms with Crippen LogP contribution < -0.4 is 0 Å². The van der Waals surface area contributed by atoms with Crippen molar-refractivity contribution in [2.45, 2.75) is 12.5 Å². The van der Waals surface area contributed by atoms with Gasteiger partial charge in [-0.25, -0.2) is 0 Å². The number of amides is 1. The van der Waals surface area contributed by atoms with Gasteiger partial charge in [-0.05, 0) is 47.0 Å². The number of H-pyrrole nitrogens is 1. The van der Waals surface area contributed by atoms with E-state index in [1.54, 1.807) is 22.7 Å². The van der Waals surface area contributed by atoms with Gasteiger partial charge < -0.3 is 9.88 Å². The van der Waals surface area contributed by atoms with Crippen LogP contribution in [0.25, 0.3) is 10.9 Å². The van der Waals surface area contributed by atoms with E-state index in [4.69, 9.17) is 0 Å². The number of nitrogens with zero attached hydrogens (tertiary/aromatic N) is 1. The zero-order valence-electron chi connectivity index (χ0n) is 13.4. The van der Waals surface area contributed by atoms with E-state index < -0.39 is 0 Å². The Morgan fingerprint density at radius 2 is 2.00 bits per heavy atom. The first kappa shape index (κ1) is 14.9. The number of carbonyl (C=O) groups excluding carboxylic acids is 1. The Kier molecular flexibility index (Phi) is 3.50. The summed E-state index contributed by atoms with van der Waals surface area (Å²) in [4.78, 5) is 21.2. The molecule has 0 radical (unpaired) electrons. The second kappa shape index (κ2) is 5.86. The summed E-state index contributed by atoms with van der Waals surface area (Å²) < 4.78 is 0. The molecule has 0 saturated heterocycles. The van der Waals surface area contributed by atoms with Crippen molar-refractivity contribution in [2.24, 2.45) is 0 Å². The fourth-order valence-electron chi connectivity index (χ4n) is 3.63. The van der Waals surface area contributed by atoms with Crippen LogP contribution in [0, 0.1) is 0 Å². The van der Waals surface area contributed by atoms with Crippen LogP contribution in [0.1, 0.15) is 31.8 Å². The Bertz CT molecular complexity index is 1010. The molecular formula is C20H16N2OS2. The van der Waals surface area contributed by atoms with E-state index in [2.05, 4.69) is 33.9 Å². The Labute approximate surface area is 153 Å². The molecule has 3 nitrogen and oxygen atoms in total. The van der Waals surface area contributed by atoms with Crippen LogP contribution in [0.15, 0.2) is 59.3 Å². The van der Waals surface area contributed by atoms with Crippen LogP contribution in [0.4, 0.5) is 0 Å². The molecule has 0 saturated carbocycles. The number of aromatic nitrogens is 1. The summed E-state index contributed by atoms with van der Waals surface area (Å²) in [5, 5.41) is 5.30. The molecule has 1 amide bonds. The fourth-order valence-corrected chi connectivity index (χ4v) is 5.39. The van der Waals surface area contributed by atoms with E-state index >= 15 is 0 Å². The minimum absolute atomic E-state index is 0.0221. The highest BCUT2D eigenvalue weighted by atomic mass is 32.1. The largest absolute Gasteiger partial charge is 0.351 e. The molecule has 1 atom stereocenters. The standard InChI is InChI=1S/C20H16N2OS2/c23-20(16-12-13-4-1-2-5-15(13)21-16)22-9-7-17-14(8-11-25-17)19(22)18-6-3-10-24-18/h1-6,8,10-12,19,21H,7,9H2. The van der Waals surface area contributed by atoms with E-state index in [0.717, 1.165) is 23.9 Å². The summed E-state index contributed by atoms with van der Waals surface area (Å²) in [6.45, 7) is 0.754. The molecular weight excluding hydrogens is 348 g/mol. The van der Waals surface area contributed by atoms with Gasteiger partial charge in [-0.1, -0.05) is 24.3 Å². The lowest BCUT2D eigenvalue weighted by molar-refractivity contribution is 0.0693. The minimum Gasteiger partial charge on any atom is -0.351 e. The first-order valence-corrected chi connectivity index (χ1v) is 10.1. The zero-order valence-corrected chi connectivity index (χ0v) is 15.1. The van der Waals surface area contributed by atoms with Crippen molar-refractivity contribution in [1.82, 2.24) is 9.88 Å². The maximum Gasteiger partial charge on any atom is 0.271 e. The van der Waals surface area contributed by atoms with E-state index in [1.807, 2.05) is 35.2 Å². The third-order valence-electron chi connectivity index (χ3n) is 4.80. The van der Waals surface area contributed by atoms with Crippen LogP contribution in [-0.2, 0) is 6.42 Å². The van der Waals surface area contributed by atoms with Crippen molar-refractivity contribution in [1.29, 1.82) is 0 Å². The van der Waals surface area contributed by atoms with Crippen molar-refractivity contribution in [2.75, 3.05) is 6.54 Å². The lowest BCUT2D eigenvalue weighted by Crippen LogP contribution is -2.39. The molecule has 1 N–H and O–H groups in total. The van der Waals surface area contributed by atoms with Crippen LogP contribution in [0.5, 0.6) is 0 Å². The molecule has 4 aromatic rings. The molecule has 1 aromatic carbocycles. The van der Waals surface area contributed by atoms with Gasteiger partial charge >= 0.3 is 0 Å². The van der Waals surface area contributed by atoms with Crippen molar-refractivity contribution in [3.63, 3.8) is 0 Å². The van der Waals surface area contributed by atoms with Gasteiger partial charge in [-0.15, -0.1) is 22.7 Å². The number of aromatic amines is 1. The van der Waals surface area contributed by atoms with Crippen molar-refractivity contribution in [3.8, 4) is 0 Å². The summed E-state index contributed by atoms with van der Waals surface area (Å²) in [5.41, 5.74) is 2.95. The Hall–Kier alpha value is -2.37. The number of carbonyl (C=O) groups is 1. The third-order valence-corrected chi connectivity index (χ3v) is 6.72. The summed E-state index contributed by atoms with van der Waals surface area (Å²) in [7, 11) is 0. The predicted octanol–water partition coefficient (Wildman–Crippen LogP) is 5.08. The van der Waals surface area contributed by atoms with Crippen LogP contribution >= 0.6 is 22.7 Å². The molecule has 3 aromatic heterocycles. The highest BCUT2D eigenvalue weighted by molar-refractivity contribution is 7.10. The molecule has 0 aliphatic carbocycles. The van der Waals surface area contributed by atoms with Gasteiger partial charge in [0.25, 0.3) is 5.91 Å². The van der Waals surface area contributed by atoms with Gasteiger partial charge in [0.2, 0.25) is 0 Å². The molecule has 5 rings (SSSR count). The number of para-hydroxylation sites is 1. The number of hydrogen-bond acceptors (Lipinski definition) is 3. The van der Waals surface area contributed by atoms with E-state index in [1.165, 1.54) is 15.3 Å². The number of rotatable bonds is 2. The van der Waals surface area contributed by atoms with Gasteiger partial charge in [-0.2, -0.15) is 0 Å². The zero-order chi connectivity index (χ0) is 16.8. The highest BCUT2D eigenvalue weighted by Gasteiger charge is 2.34. The quantitative estimate of drug-likeness (QED) is 0.529. The van der Waals surface area contributed by atoms with Crippen molar-refractivity contribution < 1.29 is 4.79 Å². The highest BCUT2D eigenvalue weighted by Crippen LogP contribution is 2.40. The summed E-state index contributed by atoms with van der Waals surface area (Å²) in [6, 6.07) is 16.4. The molecule has 4 heterocycles. The molecule has 5 heteroatoms. The smallest absolute Gasteiger partial charge is 0.271 e. The van der Waals surface area contributed by atoms with Gasteiger partial charge in [0, 0.05) is 27.2 Å². The average molecular weight is 364 g/mol. The molecule has 1 aliphatic heterocycles. The van der Waals surface area contributed by atoms with Crippen molar-refractivity contribution in [3.05, 3.63) is 80.3 Å². The van der Waals surface area contributed by atoms with Crippen molar-refractivity contribution >= 4 is 39.5 Å². The first-order valence-electron chi connectivity index (χ1n) is 8.29. The minimum atomic E-state index is 0.0221. The number of thiophene rings is 2. The maximum absolute atomic E-state index is 13.3.